The van der Waals surface area contributed by atoms with Crippen LogP contribution in [0.25, 0.3) is 11.5 Å². The predicted octanol–water partition coefficient (Wildman–Crippen LogP) is 1.86. The van der Waals surface area contributed by atoms with Gasteiger partial charge in [-0.25, -0.2) is 4.79 Å². The number of carbonyl (C=O) groups is 2. The average molecular weight is 439 g/mol. The summed E-state index contributed by atoms with van der Waals surface area (Å²) < 4.78 is 11.9. The van der Waals surface area contributed by atoms with Gasteiger partial charge in [0.15, 0.2) is 0 Å². The Morgan fingerprint density at radius 1 is 1.28 bits per heavy atom. The summed E-state index contributed by atoms with van der Waals surface area (Å²) in [5, 5.41) is 10.9. The fourth-order valence-corrected chi connectivity index (χ4v) is 3.66. The highest BCUT2D eigenvalue weighted by Gasteiger charge is 2.27. The first-order chi connectivity index (χ1) is 15.5. The van der Waals surface area contributed by atoms with Crippen molar-refractivity contribution < 1.29 is 18.8 Å². The summed E-state index contributed by atoms with van der Waals surface area (Å²) >= 11 is 0. The van der Waals surface area contributed by atoms with Gasteiger partial charge >= 0.3 is 5.97 Å². The number of aromatic nitrogens is 5. The number of ether oxygens (including phenoxy) is 1. The lowest BCUT2D eigenvalue weighted by atomic mass is 9.97. The highest BCUT2D eigenvalue weighted by atomic mass is 16.5. The Morgan fingerprint density at radius 3 is 2.81 bits per heavy atom. The van der Waals surface area contributed by atoms with Crippen LogP contribution in [0.1, 0.15) is 41.9 Å². The molecule has 0 spiro atoms. The van der Waals surface area contributed by atoms with Gasteiger partial charge < -0.3 is 14.6 Å². The number of pyridine rings is 1. The van der Waals surface area contributed by atoms with Crippen molar-refractivity contribution in [3.8, 4) is 11.5 Å². The maximum atomic E-state index is 12.6. The molecule has 1 aliphatic heterocycles. The molecule has 4 heterocycles. The highest BCUT2D eigenvalue weighted by molar-refractivity contribution is 6.00. The lowest BCUT2D eigenvalue weighted by Crippen LogP contribution is -2.39. The van der Waals surface area contributed by atoms with Gasteiger partial charge in [0, 0.05) is 19.2 Å². The molecule has 1 fully saturated rings. The van der Waals surface area contributed by atoms with E-state index in [1.807, 2.05) is 18.2 Å². The van der Waals surface area contributed by atoms with Gasteiger partial charge in [-0.05, 0) is 45.0 Å². The maximum absolute atomic E-state index is 12.6. The van der Waals surface area contributed by atoms with E-state index in [-0.39, 0.29) is 30.5 Å². The Hall–Kier alpha value is -3.60. The molecule has 0 radical (unpaired) electrons. The van der Waals surface area contributed by atoms with Crippen LogP contribution >= 0.6 is 0 Å². The number of amides is 1. The third kappa shape index (κ3) is 4.83. The molecule has 0 aromatic carbocycles. The van der Waals surface area contributed by atoms with Gasteiger partial charge in [-0.2, -0.15) is 10.1 Å². The van der Waals surface area contributed by atoms with E-state index in [1.165, 1.54) is 10.9 Å². The SMILES string of the molecule is CCOC(=O)c1cnn(C)c1NC(=O)CN1CCC(c2nc(-c3ccccn3)no2)CC1. The first-order valence-corrected chi connectivity index (χ1v) is 10.5. The van der Waals surface area contributed by atoms with E-state index in [9.17, 15) is 9.59 Å². The highest BCUT2D eigenvalue weighted by Crippen LogP contribution is 2.28. The number of piperidine rings is 1. The maximum Gasteiger partial charge on any atom is 0.343 e. The minimum atomic E-state index is -0.513. The zero-order valence-electron chi connectivity index (χ0n) is 18.0. The second-order valence-corrected chi connectivity index (χ2v) is 7.52. The number of hydrogen-bond acceptors (Lipinski definition) is 9. The van der Waals surface area contributed by atoms with Crippen molar-refractivity contribution >= 4 is 17.7 Å². The van der Waals surface area contributed by atoms with Gasteiger partial charge in [-0.15, -0.1) is 0 Å². The molecule has 11 heteroatoms. The molecule has 0 atom stereocenters. The third-order valence-corrected chi connectivity index (χ3v) is 5.33. The van der Waals surface area contributed by atoms with Gasteiger partial charge in [0.1, 0.15) is 17.1 Å². The number of hydrogen-bond donors (Lipinski definition) is 1. The molecule has 11 nitrogen and oxygen atoms in total. The molecule has 1 saturated heterocycles. The Balaban J connectivity index is 1.30. The molecule has 0 saturated carbocycles. The second-order valence-electron chi connectivity index (χ2n) is 7.52. The topological polar surface area (TPSA) is 128 Å². The first kappa shape index (κ1) is 21.6. The zero-order valence-corrected chi connectivity index (χ0v) is 18.0. The Kier molecular flexibility index (Phi) is 6.55. The number of rotatable bonds is 7. The number of nitrogens with one attached hydrogen (secondary N) is 1. The standard InChI is InChI=1S/C21H25N7O4/c1-3-31-21(30)15-12-23-27(2)19(15)24-17(29)13-28-10-7-14(8-11-28)20-25-18(26-32-20)16-6-4-5-9-22-16/h4-6,9,12,14H,3,7-8,10-11,13H2,1-2H3,(H,24,29). The molecule has 168 valence electrons. The molecule has 0 bridgehead atoms. The summed E-state index contributed by atoms with van der Waals surface area (Å²) in [6, 6.07) is 5.55. The Morgan fingerprint density at radius 2 is 2.09 bits per heavy atom. The number of carbonyl (C=O) groups excluding carboxylic acids is 2. The van der Waals surface area contributed by atoms with Gasteiger partial charge in [-0.3, -0.25) is 19.4 Å². The largest absolute Gasteiger partial charge is 0.462 e. The molecule has 32 heavy (non-hydrogen) atoms. The van der Waals surface area contributed by atoms with Crippen molar-refractivity contribution in [1.29, 1.82) is 0 Å². The van der Waals surface area contributed by atoms with Crippen molar-refractivity contribution in [2.75, 3.05) is 31.6 Å². The quantitative estimate of drug-likeness (QED) is 0.548. The van der Waals surface area contributed by atoms with Crippen LogP contribution in [0.3, 0.4) is 0 Å². The molecule has 4 rings (SSSR count). The lowest BCUT2D eigenvalue weighted by molar-refractivity contribution is -0.117. The van der Waals surface area contributed by atoms with Crippen molar-refractivity contribution in [3.05, 3.63) is 42.0 Å². The molecular formula is C21H25N7O4. The third-order valence-electron chi connectivity index (χ3n) is 5.33. The number of nitrogens with zero attached hydrogens (tertiary/aromatic N) is 6. The van der Waals surface area contributed by atoms with E-state index >= 15 is 0 Å². The monoisotopic (exact) mass is 439 g/mol. The van der Waals surface area contributed by atoms with Gasteiger partial charge in [-0.1, -0.05) is 11.2 Å². The minimum absolute atomic E-state index is 0.145. The summed E-state index contributed by atoms with van der Waals surface area (Å²) in [5.41, 5.74) is 0.912. The lowest BCUT2D eigenvalue weighted by Gasteiger charge is -2.29. The van der Waals surface area contributed by atoms with E-state index in [1.54, 1.807) is 20.2 Å². The number of aryl methyl sites for hydroxylation is 1. The number of esters is 1. The number of anilines is 1. The average Bonchev–Trinajstić information content (AvgIpc) is 3.43. The molecule has 1 amide bonds. The molecule has 3 aromatic heterocycles. The summed E-state index contributed by atoms with van der Waals surface area (Å²) in [6.45, 7) is 3.62. The number of likely N-dealkylation sites (tertiary alicyclic amines) is 1. The van der Waals surface area contributed by atoms with Crippen LogP contribution in [0.2, 0.25) is 0 Å². The van der Waals surface area contributed by atoms with Crippen molar-refractivity contribution in [3.63, 3.8) is 0 Å². The van der Waals surface area contributed by atoms with Crippen LogP contribution in [0.15, 0.2) is 35.1 Å². The summed E-state index contributed by atoms with van der Waals surface area (Å²) in [4.78, 5) is 35.4. The van der Waals surface area contributed by atoms with E-state index in [2.05, 4.69) is 30.4 Å². The molecule has 1 aliphatic rings. The van der Waals surface area contributed by atoms with E-state index in [4.69, 9.17) is 9.26 Å². The van der Waals surface area contributed by atoms with Crippen LogP contribution in [0, 0.1) is 0 Å². The van der Waals surface area contributed by atoms with Crippen molar-refractivity contribution in [1.82, 2.24) is 29.8 Å². The minimum Gasteiger partial charge on any atom is -0.462 e. The molecule has 0 unspecified atom stereocenters. The van der Waals surface area contributed by atoms with Gasteiger partial charge in [0.05, 0.1) is 19.3 Å². The summed E-state index contributed by atoms with van der Waals surface area (Å²) in [6.07, 6.45) is 4.69. The first-order valence-electron chi connectivity index (χ1n) is 10.5. The van der Waals surface area contributed by atoms with Crippen LogP contribution in [-0.2, 0) is 16.6 Å². The normalized spacial score (nSPS) is 14.9. The van der Waals surface area contributed by atoms with E-state index in [0.29, 0.717) is 23.2 Å². The second kappa shape index (κ2) is 9.69. The van der Waals surface area contributed by atoms with Crippen molar-refractivity contribution in [2.24, 2.45) is 7.05 Å². The Bertz CT molecular complexity index is 1070. The van der Waals surface area contributed by atoms with E-state index in [0.717, 1.165) is 25.9 Å². The van der Waals surface area contributed by atoms with Crippen LogP contribution < -0.4 is 5.32 Å². The molecular weight excluding hydrogens is 414 g/mol. The molecule has 3 aromatic rings. The Labute approximate surface area is 184 Å². The van der Waals surface area contributed by atoms with Crippen LogP contribution in [0.4, 0.5) is 5.82 Å². The smallest absolute Gasteiger partial charge is 0.343 e. The zero-order chi connectivity index (χ0) is 22.5. The molecule has 1 N–H and O–H groups in total. The van der Waals surface area contributed by atoms with Crippen LogP contribution in [-0.4, -0.2) is 67.9 Å². The molecule has 0 aliphatic carbocycles. The van der Waals surface area contributed by atoms with Crippen molar-refractivity contribution in [2.45, 2.75) is 25.7 Å². The fraction of sp³-hybridized carbons (Fsp3) is 0.429. The fourth-order valence-electron chi connectivity index (χ4n) is 3.66. The van der Waals surface area contributed by atoms with Crippen LogP contribution in [0.5, 0.6) is 0 Å². The van der Waals surface area contributed by atoms with E-state index < -0.39 is 5.97 Å². The predicted molar refractivity (Wildman–Crippen MR) is 114 cm³/mol. The summed E-state index contributed by atoms with van der Waals surface area (Å²) in [5.74, 6) is 0.830. The van der Waals surface area contributed by atoms with Gasteiger partial charge in [0.25, 0.3) is 0 Å². The summed E-state index contributed by atoms with van der Waals surface area (Å²) in [7, 11) is 1.66. The van der Waals surface area contributed by atoms with Gasteiger partial charge in [0.2, 0.25) is 17.6 Å².